The van der Waals surface area contributed by atoms with E-state index in [4.69, 9.17) is 24.5 Å². The van der Waals surface area contributed by atoms with Crippen LogP contribution in [0.25, 0.3) is 0 Å². The van der Waals surface area contributed by atoms with Gasteiger partial charge < -0.3 is 19.3 Å². The molecule has 0 aromatic heterocycles. The second kappa shape index (κ2) is 14.3. The van der Waals surface area contributed by atoms with E-state index in [2.05, 4.69) is 5.32 Å². The summed E-state index contributed by atoms with van der Waals surface area (Å²) in [5, 5.41) is 20.0. The van der Waals surface area contributed by atoms with Crippen molar-refractivity contribution >= 4 is 17.7 Å². The zero-order valence-electron chi connectivity index (χ0n) is 18.3. The summed E-state index contributed by atoms with van der Waals surface area (Å²) < 4.78 is 16.2. The number of methoxy groups -OCH3 is 1. The van der Waals surface area contributed by atoms with E-state index in [0.29, 0.717) is 30.0 Å². The molecule has 0 spiro atoms. The van der Waals surface area contributed by atoms with Gasteiger partial charge in [-0.05, 0) is 54.8 Å². The molecule has 1 atom stereocenters. The van der Waals surface area contributed by atoms with Gasteiger partial charge in [-0.15, -0.1) is 0 Å². The van der Waals surface area contributed by atoms with E-state index < -0.39 is 18.1 Å². The third-order valence-corrected chi connectivity index (χ3v) is 4.40. The number of allylic oxidation sites excluding steroid dienone is 3. The number of amides is 2. The first-order valence-electron chi connectivity index (χ1n) is 10.3. The van der Waals surface area contributed by atoms with Crippen LogP contribution in [0, 0.1) is 0 Å². The van der Waals surface area contributed by atoms with Gasteiger partial charge in [0.1, 0.15) is 24.2 Å². The molecule has 0 fully saturated rings. The predicted molar refractivity (Wildman–Crippen MR) is 122 cm³/mol. The van der Waals surface area contributed by atoms with Gasteiger partial charge in [0.15, 0.2) is 0 Å². The number of nitrogens with one attached hydrogen (secondary N) is 2. The van der Waals surface area contributed by atoms with Crippen LogP contribution in [0.2, 0.25) is 0 Å². The standard InChI is InChI=1S/C24H28N2O7/c1-31-20-14-10-19(11-15-20)25-24(29)33-22(6-4-2-3-5-7-23(28)26-30)18-8-12-21(13-9-18)32-17-16-27/h2-3,5,7-15,22,27,30H,4,6,16-17H2,1H3,(H,25,29)(H,26,28)/b3-2+,7-5+/t22-/m1/s1. The van der Waals surface area contributed by atoms with E-state index in [9.17, 15) is 9.59 Å². The zero-order chi connectivity index (χ0) is 23.9. The molecule has 0 saturated heterocycles. The van der Waals surface area contributed by atoms with Gasteiger partial charge in [0, 0.05) is 11.8 Å². The van der Waals surface area contributed by atoms with Crippen molar-refractivity contribution in [2.24, 2.45) is 0 Å². The highest BCUT2D eigenvalue weighted by molar-refractivity contribution is 5.86. The van der Waals surface area contributed by atoms with Crippen LogP contribution < -0.4 is 20.3 Å². The van der Waals surface area contributed by atoms with Crippen LogP contribution >= 0.6 is 0 Å². The summed E-state index contributed by atoms with van der Waals surface area (Å²) in [4.78, 5) is 23.4. The molecular formula is C24H28N2O7. The van der Waals surface area contributed by atoms with Crippen LogP contribution in [0.3, 0.4) is 0 Å². The first kappa shape index (κ1) is 25.4. The van der Waals surface area contributed by atoms with Gasteiger partial charge in [0.05, 0.1) is 13.7 Å². The Balaban J connectivity index is 2.03. The van der Waals surface area contributed by atoms with E-state index >= 15 is 0 Å². The Kier molecular flexibility index (Phi) is 11.0. The molecule has 4 N–H and O–H groups in total. The van der Waals surface area contributed by atoms with Crippen LogP contribution in [0.15, 0.2) is 72.8 Å². The third kappa shape index (κ3) is 9.46. The molecule has 0 radical (unpaired) electrons. The first-order valence-corrected chi connectivity index (χ1v) is 10.3. The summed E-state index contributed by atoms with van der Waals surface area (Å²) in [5.41, 5.74) is 2.85. The van der Waals surface area contributed by atoms with Crippen LogP contribution in [0.5, 0.6) is 11.5 Å². The molecule has 33 heavy (non-hydrogen) atoms. The molecule has 0 aliphatic heterocycles. The Morgan fingerprint density at radius 3 is 2.36 bits per heavy atom. The Morgan fingerprint density at radius 2 is 1.73 bits per heavy atom. The summed E-state index contributed by atoms with van der Waals surface area (Å²) in [6.07, 6.45) is 6.06. The Morgan fingerprint density at radius 1 is 1.03 bits per heavy atom. The van der Waals surface area contributed by atoms with E-state index in [1.54, 1.807) is 61.7 Å². The molecule has 0 aliphatic carbocycles. The molecule has 176 valence electrons. The first-order chi connectivity index (χ1) is 16.0. The van der Waals surface area contributed by atoms with E-state index in [-0.39, 0.29) is 13.2 Å². The number of carbonyl (C=O) groups excluding carboxylic acids is 2. The highest BCUT2D eigenvalue weighted by Gasteiger charge is 2.17. The number of aliphatic hydroxyl groups is 1. The maximum atomic E-state index is 12.5. The molecule has 9 nitrogen and oxygen atoms in total. The Hall–Kier alpha value is -3.82. The number of benzene rings is 2. The van der Waals surface area contributed by atoms with Gasteiger partial charge in [-0.3, -0.25) is 15.3 Å². The number of hydroxylamine groups is 1. The second-order valence-corrected chi connectivity index (χ2v) is 6.73. The number of ether oxygens (including phenoxy) is 3. The molecular weight excluding hydrogens is 428 g/mol. The maximum absolute atomic E-state index is 12.5. The average molecular weight is 456 g/mol. The number of hydrogen-bond donors (Lipinski definition) is 4. The topological polar surface area (TPSA) is 126 Å². The van der Waals surface area contributed by atoms with Gasteiger partial charge >= 0.3 is 6.09 Å². The van der Waals surface area contributed by atoms with Crippen molar-refractivity contribution in [3.8, 4) is 11.5 Å². The monoisotopic (exact) mass is 456 g/mol. The molecule has 2 amide bonds. The fourth-order valence-electron chi connectivity index (χ4n) is 2.79. The highest BCUT2D eigenvalue weighted by Crippen LogP contribution is 2.26. The van der Waals surface area contributed by atoms with Crippen LogP contribution in [0.1, 0.15) is 24.5 Å². The molecule has 0 heterocycles. The van der Waals surface area contributed by atoms with Gasteiger partial charge in [-0.25, -0.2) is 10.3 Å². The van der Waals surface area contributed by atoms with Crippen LogP contribution in [0.4, 0.5) is 10.5 Å². The normalized spacial score (nSPS) is 11.8. The van der Waals surface area contributed by atoms with Crippen molar-refractivity contribution < 1.29 is 34.1 Å². The summed E-state index contributed by atoms with van der Waals surface area (Å²) in [7, 11) is 1.56. The zero-order valence-corrected chi connectivity index (χ0v) is 18.3. The van der Waals surface area contributed by atoms with Crippen molar-refractivity contribution in [3.63, 3.8) is 0 Å². The molecule has 0 unspecified atom stereocenters. The number of rotatable bonds is 12. The quantitative estimate of drug-likeness (QED) is 0.166. The molecule has 2 aromatic carbocycles. The van der Waals surface area contributed by atoms with Gasteiger partial charge in [0.25, 0.3) is 5.91 Å². The van der Waals surface area contributed by atoms with Gasteiger partial charge in [-0.1, -0.05) is 30.4 Å². The molecule has 0 saturated carbocycles. The molecule has 2 aromatic rings. The second-order valence-electron chi connectivity index (χ2n) is 6.73. The lowest BCUT2D eigenvalue weighted by Gasteiger charge is -2.19. The van der Waals surface area contributed by atoms with Crippen molar-refractivity contribution in [1.82, 2.24) is 5.48 Å². The van der Waals surface area contributed by atoms with Crippen LogP contribution in [-0.4, -0.2) is 42.6 Å². The fraction of sp³-hybridized carbons (Fsp3) is 0.250. The van der Waals surface area contributed by atoms with E-state index in [0.717, 1.165) is 5.56 Å². The van der Waals surface area contributed by atoms with Crippen molar-refractivity contribution in [2.75, 3.05) is 25.6 Å². The van der Waals surface area contributed by atoms with Crippen molar-refractivity contribution in [3.05, 3.63) is 78.4 Å². The summed E-state index contributed by atoms with van der Waals surface area (Å²) >= 11 is 0. The van der Waals surface area contributed by atoms with Crippen molar-refractivity contribution in [2.45, 2.75) is 18.9 Å². The number of carbonyl (C=O) groups is 2. The lowest BCUT2D eigenvalue weighted by atomic mass is 10.0. The lowest BCUT2D eigenvalue weighted by Crippen LogP contribution is -2.17. The molecule has 2 rings (SSSR count). The Bertz CT molecular complexity index is 925. The molecule has 0 bridgehead atoms. The number of hydrogen-bond acceptors (Lipinski definition) is 7. The average Bonchev–Trinajstić information content (AvgIpc) is 2.84. The number of anilines is 1. The minimum atomic E-state index is -0.625. The van der Waals surface area contributed by atoms with Crippen molar-refractivity contribution in [1.29, 1.82) is 0 Å². The Labute approximate surface area is 192 Å². The summed E-state index contributed by atoms with van der Waals surface area (Å²) in [6.45, 7) is 0.107. The summed E-state index contributed by atoms with van der Waals surface area (Å²) in [6, 6.07) is 14.0. The highest BCUT2D eigenvalue weighted by atomic mass is 16.6. The van der Waals surface area contributed by atoms with E-state index in [1.165, 1.54) is 17.6 Å². The largest absolute Gasteiger partial charge is 0.497 e. The molecule has 9 heteroatoms. The number of aliphatic hydroxyl groups excluding tert-OH is 1. The smallest absolute Gasteiger partial charge is 0.412 e. The van der Waals surface area contributed by atoms with E-state index in [1.807, 2.05) is 6.08 Å². The maximum Gasteiger partial charge on any atom is 0.412 e. The third-order valence-electron chi connectivity index (χ3n) is 4.40. The molecule has 0 aliphatic rings. The van der Waals surface area contributed by atoms with Gasteiger partial charge in [-0.2, -0.15) is 0 Å². The lowest BCUT2D eigenvalue weighted by molar-refractivity contribution is -0.124. The predicted octanol–water partition coefficient (Wildman–Crippen LogP) is 3.75. The summed E-state index contributed by atoms with van der Waals surface area (Å²) in [5.74, 6) is 0.647. The van der Waals surface area contributed by atoms with Crippen LogP contribution in [-0.2, 0) is 9.53 Å². The fourth-order valence-corrected chi connectivity index (χ4v) is 2.79. The minimum absolute atomic E-state index is 0.0836. The minimum Gasteiger partial charge on any atom is -0.497 e. The van der Waals surface area contributed by atoms with Gasteiger partial charge in [0.2, 0.25) is 0 Å². The SMILES string of the molecule is COc1ccc(NC(=O)O[C@H](CC/C=C/C=C/C(=O)NO)c2ccc(OCCO)cc2)cc1.